The van der Waals surface area contributed by atoms with Gasteiger partial charge in [-0.3, -0.25) is 4.79 Å². The lowest BCUT2D eigenvalue weighted by Crippen LogP contribution is -2.45. The molecule has 1 atom stereocenters. The van der Waals surface area contributed by atoms with Crippen LogP contribution in [0.4, 0.5) is 5.69 Å². The molecule has 2 aliphatic heterocycles. The Balaban J connectivity index is 1.81. The summed E-state index contributed by atoms with van der Waals surface area (Å²) < 4.78 is 0. The van der Waals surface area contributed by atoms with Crippen molar-refractivity contribution in [1.82, 2.24) is 10.6 Å². The maximum absolute atomic E-state index is 13.2. The Labute approximate surface area is 153 Å². The Morgan fingerprint density at radius 2 is 1.88 bits per heavy atom. The van der Waals surface area contributed by atoms with Crippen LogP contribution < -0.4 is 15.5 Å². The van der Waals surface area contributed by atoms with Crippen LogP contribution in [0.5, 0.6) is 0 Å². The third-order valence-corrected chi connectivity index (χ3v) is 5.75. The van der Waals surface area contributed by atoms with Gasteiger partial charge in [0.05, 0.1) is 10.0 Å². The van der Waals surface area contributed by atoms with Crippen LogP contribution in [0.3, 0.4) is 0 Å². The van der Waals surface area contributed by atoms with E-state index in [1.807, 2.05) is 17.0 Å². The molecule has 2 aliphatic rings. The van der Waals surface area contributed by atoms with E-state index >= 15 is 0 Å². The summed E-state index contributed by atoms with van der Waals surface area (Å²) in [6.45, 7) is 4.61. The second-order valence-corrected chi connectivity index (χ2v) is 7.60. The zero-order valence-corrected chi connectivity index (χ0v) is 15.4. The number of anilines is 1. The highest BCUT2D eigenvalue weighted by Gasteiger charge is 2.29. The molecule has 2 heterocycles. The van der Waals surface area contributed by atoms with E-state index in [1.54, 1.807) is 6.07 Å². The molecule has 2 N–H and O–H groups in total. The van der Waals surface area contributed by atoms with Gasteiger partial charge in [0.15, 0.2) is 0 Å². The maximum atomic E-state index is 13.2. The molecule has 132 valence electrons. The van der Waals surface area contributed by atoms with Crippen molar-refractivity contribution in [1.29, 1.82) is 0 Å². The van der Waals surface area contributed by atoms with Crippen molar-refractivity contribution >= 4 is 34.8 Å². The van der Waals surface area contributed by atoms with Gasteiger partial charge in [-0.05, 0) is 76.0 Å². The molecule has 24 heavy (non-hydrogen) atoms. The van der Waals surface area contributed by atoms with E-state index in [9.17, 15) is 4.79 Å². The van der Waals surface area contributed by atoms with Crippen LogP contribution in [0.1, 0.15) is 25.7 Å². The number of hydrogen-bond acceptors (Lipinski definition) is 3. The SMILES string of the molecule is O=C(C1CCNCC1)N(C[C@@H]1CCCNC1)c1ccc(Cl)c(Cl)c1. The minimum Gasteiger partial charge on any atom is -0.317 e. The summed E-state index contributed by atoms with van der Waals surface area (Å²) in [6, 6.07) is 5.50. The smallest absolute Gasteiger partial charge is 0.230 e. The Morgan fingerprint density at radius 3 is 2.54 bits per heavy atom. The summed E-state index contributed by atoms with van der Waals surface area (Å²) in [7, 11) is 0. The molecule has 2 fully saturated rings. The highest BCUT2D eigenvalue weighted by atomic mass is 35.5. The van der Waals surface area contributed by atoms with Crippen LogP contribution in [0.2, 0.25) is 10.0 Å². The topological polar surface area (TPSA) is 44.4 Å². The standard InChI is InChI=1S/C18H25Cl2N3O/c19-16-4-3-15(10-17(16)20)23(12-13-2-1-7-22-11-13)18(24)14-5-8-21-9-6-14/h3-4,10,13-14,21-22H,1-2,5-9,11-12H2/t13-/m1/s1. The first-order valence-corrected chi connectivity index (χ1v) is 9.58. The Bertz CT molecular complexity index is 569. The molecule has 1 amide bonds. The van der Waals surface area contributed by atoms with Crippen LogP contribution >= 0.6 is 23.2 Å². The lowest BCUT2D eigenvalue weighted by Gasteiger charge is -2.34. The molecular formula is C18H25Cl2N3O. The molecule has 1 aromatic rings. The van der Waals surface area contributed by atoms with Crippen LogP contribution in [-0.2, 0) is 4.79 Å². The van der Waals surface area contributed by atoms with E-state index in [0.29, 0.717) is 16.0 Å². The third-order valence-electron chi connectivity index (χ3n) is 5.01. The van der Waals surface area contributed by atoms with Gasteiger partial charge in [0.2, 0.25) is 5.91 Å². The van der Waals surface area contributed by atoms with Crippen LogP contribution in [0.15, 0.2) is 18.2 Å². The lowest BCUT2D eigenvalue weighted by atomic mass is 9.94. The minimum atomic E-state index is 0.0947. The van der Waals surface area contributed by atoms with Crippen molar-refractivity contribution in [3.05, 3.63) is 28.2 Å². The highest BCUT2D eigenvalue weighted by molar-refractivity contribution is 6.42. The minimum absolute atomic E-state index is 0.0947. The predicted octanol–water partition coefficient (Wildman–Crippen LogP) is 3.33. The number of benzene rings is 1. The Kier molecular flexibility index (Phi) is 6.39. The van der Waals surface area contributed by atoms with Gasteiger partial charge in [0, 0.05) is 18.2 Å². The van der Waals surface area contributed by atoms with E-state index in [4.69, 9.17) is 23.2 Å². The second-order valence-electron chi connectivity index (χ2n) is 6.78. The number of nitrogens with zero attached hydrogens (tertiary/aromatic N) is 1. The molecule has 0 saturated carbocycles. The molecule has 1 aromatic carbocycles. The van der Waals surface area contributed by atoms with Gasteiger partial charge in [-0.1, -0.05) is 23.2 Å². The molecular weight excluding hydrogens is 345 g/mol. The van der Waals surface area contributed by atoms with Crippen molar-refractivity contribution in [3.63, 3.8) is 0 Å². The molecule has 0 aromatic heterocycles. The van der Waals surface area contributed by atoms with Gasteiger partial charge in [-0.2, -0.15) is 0 Å². The monoisotopic (exact) mass is 369 g/mol. The number of amides is 1. The largest absolute Gasteiger partial charge is 0.317 e. The first-order chi connectivity index (χ1) is 11.6. The molecule has 4 nitrogen and oxygen atoms in total. The molecule has 0 unspecified atom stereocenters. The van der Waals surface area contributed by atoms with E-state index in [0.717, 1.165) is 57.7 Å². The first kappa shape index (κ1) is 18.0. The summed E-state index contributed by atoms with van der Waals surface area (Å²) in [4.78, 5) is 15.1. The second kappa shape index (κ2) is 8.52. The molecule has 0 bridgehead atoms. The van der Waals surface area contributed by atoms with Crippen molar-refractivity contribution < 1.29 is 4.79 Å². The zero-order chi connectivity index (χ0) is 16.9. The number of carbonyl (C=O) groups is 1. The summed E-state index contributed by atoms with van der Waals surface area (Å²) in [5.74, 6) is 0.802. The van der Waals surface area contributed by atoms with E-state index in [1.165, 1.54) is 6.42 Å². The van der Waals surface area contributed by atoms with Crippen molar-refractivity contribution in [2.75, 3.05) is 37.6 Å². The van der Waals surface area contributed by atoms with E-state index in [2.05, 4.69) is 10.6 Å². The highest BCUT2D eigenvalue weighted by Crippen LogP contribution is 2.30. The Morgan fingerprint density at radius 1 is 1.08 bits per heavy atom. The van der Waals surface area contributed by atoms with Gasteiger partial charge >= 0.3 is 0 Å². The number of piperidine rings is 2. The zero-order valence-electron chi connectivity index (χ0n) is 13.9. The van der Waals surface area contributed by atoms with E-state index in [-0.39, 0.29) is 11.8 Å². The summed E-state index contributed by atoms with van der Waals surface area (Å²) in [5.41, 5.74) is 0.860. The molecule has 0 radical (unpaired) electrons. The fourth-order valence-corrected chi connectivity index (χ4v) is 3.90. The summed E-state index contributed by atoms with van der Waals surface area (Å²) in [6.07, 6.45) is 4.13. The Hall–Kier alpha value is -0.810. The average Bonchev–Trinajstić information content (AvgIpc) is 2.63. The number of carbonyl (C=O) groups excluding carboxylic acids is 1. The van der Waals surface area contributed by atoms with Gasteiger partial charge in [-0.15, -0.1) is 0 Å². The normalized spacial score (nSPS) is 22.3. The number of rotatable bonds is 4. The third kappa shape index (κ3) is 4.42. The van der Waals surface area contributed by atoms with Crippen LogP contribution in [0.25, 0.3) is 0 Å². The van der Waals surface area contributed by atoms with Crippen molar-refractivity contribution in [2.24, 2.45) is 11.8 Å². The number of nitrogens with one attached hydrogen (secondary N) is 2. The molecule has 3 rings (SSSR count). The fraction of sp³-hybridized carbons (Fsp3) is 0.611. The number of hydrogen-bond donors (Lipinski definition) is 2. The number of halogens is 2. The first-order valence-electron chi connectivity index (χ1n) is 8.83. The molecule has 2 saturated heterocycles. The van der Waals surface area contributed by atoms with Gasteiger partial charge in [-0.25, -0.2) is 0 Å². The average molecular weight is 370 g/mol. The van der Waals surface area contributed by atoms with Gasteiger partial charge in [0.1, 0.15) is 0 Å². The van der Waals surface area contributed by atoms with E-state index < -0.39 is 0 Å². The predicted molar refractivity (Wildman–Crippen MR) is 100 cm³/mol. The van der Waals surface area contributed by atoms with Crippen molar-refractivity contribution in [2.45, 2.75) is 25.7 Å². The van der Waals surface area contributed by atoms with Gasteiger partial charge < -0.3 is 15.5 Å². The molecule has 0 aliphatic carbocycles. The molecule has 0 spiro atoms. The van der Waals surface area contributed by atoms with Gasteiger partial charge in [0.25, 0.3) is 0 Å². The van der Waals surface area contributed by atoms with Crippen LogP contribution in [0, 0.1) is 11.8 Å². The fourth-order valence-electron chi connectivity index (χ4n) is 3.60. The lowest BCUT2D eigenvalue weighted by molar-refractivity contribution is -0.123. The quantitative estimate of drug-likeness (QED) is 0.855. The maximum Gasteiger partial charge on any atom is 0.230 e. The summed E-state index contributed by atoms with van der Waals surface area (Å²) in [5, 5.41) is 7.78. The molecule has 6 heteroatoms. The van der Waals surface area contributed by atoms with Crippen LogP contribution in [-0.4, -0.2) is 38.6 Å². The van der Waals surface area contributed by atoms with Crippen molar-refractivity contribution in [3.8, 4) is 0 Å². The summed E-state index contributed by atoms with van der Waals surface area (Å²) >= 11 is 12.3.